The van der Waals surface area contributed by atoms with Crippen LogP contribution in [0.5, 0.6) is 11.5 Å². The summed E-state index contributed by atoms with van der Waals surface area (Å²) >= 11 is 0. The molecule has 0 saturated carbocycles. The molecule has 1 atom stereocenters. The summed E-state index contributed by atoms with van der Waals surface area (Å²) in [5.41, 5.74) is 0.933. The molecule has 0 bridgehead atoms. The van der Waals surface area contributed by atoms with E-state index in [9.17, 15) is 5.11 Å². The maximum atomic E-state index is 10.2. The molecule has 0 aliphatic heterocycles. The summed E-state index contributed by atoms with van der Waals surface area (Å²) in [6.07, 6.45) is 1.11. The third kappa shape index (κ3) is 3.64. The van der Waals surface area contributed by atoms with E-state index < -0.39 is 0 Å². The van der Waals surface area contributed by atoms with Crippen molar-refractivity contribution in [3.63, 3.8) is 0 Å². The van der Waals surface area contributed by atoms with Crippen LogP contribution in [0.1, 0.15) is 39.7 Å². The Morgan fingerprint density at radius 3 is 2.56 bits per heavy atom. The van der Waals surface area contributed by atoms with Crippen LogP contribution in [-0.2, 0) is 6.54 Å². The molecule has 0 amide bonds. The number of ether oxygens (including phenoxy) is 1. The van der Waals surface area contributed by atoms with Gasteiger partial charge in [0.05, 0.1) is 6.61 Å². The molecule has 0 aliphatic carbocycles. The minimum absolute atomic E-state index is 0.279. The summed E-state index contributed by atoms with van der Waals surface area (Å²) in [6.45, 7) is 10.8. The third-order valence-electron chi connectivity index (χ3n) is 3.38. The topological polar surface area (TPSA) is 32.7 Å². The van der Waals surface area contributed by atoms with E-state index in [0.717, 1.165) is 25.1 Å². The smallest absolute Gasteiger partial charge is 0.162 e. The third-order valence-corrected chi connectivity index (χ3v) is 3.38. The van der Waals surface area contributed by atoms with Crippen LogP contribution in [0, 0.1) is 0 Å². The predicted molar refractivity (Wildman–Crippen MR) is 75.1 cm³/mol. The van der Waals surface area contributed by atoms with Gasteiger partial charge in [0, 0.05) is 18.2 Å². The maximum absolute atomic E-state index is 10.2. The molecule has 0 heterocycles. The Kier molecular flexibility index (Phi) is 5.99. The Balaban J connectivity index is 2.86. The highest BCUT2D eigenvalue weighted by Crippen LogP contribution is 2.31. The van der Waals surface area contributed by atoms with Crippen molar-refractivity contribution in [2.75, 3.05) is 13.2 Å². The van der Waals surface area contributed by atoms with E-state index in [1.165, 1.54) is 0 Å². The highest BCUT2D eigenvalue weighted by molar-refractivity contribution is 5.45. The van der Waals surface area contributed by atoms with Gasteiger partial charge < -0.3 is 9.84 Å². The van der Waals surface area contributed by atoms with Crippen LogP contribution in [0.15, 0.2) is 18.2 Å². The Bertz CT molecular complexity index is 366. The zero-order valence-electron chi connectivity index (χ0n) is 11.9. The summed E-state index contributed by atoms with van der Waals surface area (Å²) in [6, 6.07) is 6.22. The van der Waals surface area contributed by atoms with Gasteiger partial charge in [0.25, 0.3) is 0 Å². The van der Waals surface area contributed by atoms with Gasteiger partial charge >= 0.3 is 0 Å². The van der Waals surface area contributed by atoms with Crippen molar-refractivity contribution < 1.29 is 9.84 Å². The fourth-order valence-corrected chi connectivity index (χ4v) is 2.02. The number of benzene rings is 1. The first-order chi connectivity index (χ1) is 8.63. The van der Waals surface area contributed by atoms with Crippen molar-refractivity contribution in [1.29, 1.82) is 0 Å². The van der Waals surface area contributed by atoms with Crippen molar-refractivity contribution in [3.05, 3.63) is 23.8 Å². The van der Waals surface area contributed by atoms with Gasteiger partial charge in [-0.3, -0.25) is 4.90 Å². The average Bonchev–Trinajstić information content (AvgIpc) is 2.39. The van der Waals surface area contributed by atoms with Crippen molar-refractivity contribution in [1.82, 2.24) is 4.90 Å². The lowest BCUT2D eigenvalue weighted by atomic mass is 10.1. The van der Waals surface area contributed by atoms with Crippen molar-refractivity contribution in [3.8, 4) is 11.5 Å². The fraction of sp³-hybridized carbons (Fsp3) is 0.600. The number of phenols is 1. The minimum Gasteiger partial charge on any atom is -0.504 e. The first-order valence-corrected chi connectivity index (χ1v) is 6.81. The lowest BCUT2D eigenvalue weighted by Crippen LogP contribution is -2.31. The van der Waals surface area contributed by atoms with Crippen LogP contribution in [0.3, 0.4) is 0 Å². The van der Waals surface area contributed by atoms with Gasteiger partial charge in [-0.25, -0.2) is 0 Å². The predicted octanol–water partition coefficient (Wildman–Crippen LogP) is 3.41. The Labute approximate surface area is 110 Å². The average molecular weight is 251 g/mol. The van der Waals surface area contributed by atoms with Gasteiger partial charge in [0.1, 0.15) is 0 Å². The number of rotatable bonds is 7. The van der Waals surface area contributed by atoms with Crippen LogP contribution in [-0.4, -0.2) is 29.2 Å². The second-order valence-electron chi connectivity index (χ2n) is 4.52. The van der Waals surface area contributed by atoms with E-state index in [0.29, 0.717) is 18.4 Å². The monoisotopic (exact) mass is 251 g/mol. The zero-order valence-corrected chi connectivity index (χ0v) is 11.9. The molecule has 0 saturated heterocycles. The second-order valence-corrected chi connectivity index (χ2v) is 4.52. The van der Waals surface area contributed by atoms with E-state index >= 15 is 0 Å². The molecule has 0 spiro atoms. The molecule has 18 heavy (non-hydrogen) atoms. The molecule has 0 aliphatic rings. The number of hydrogen-bond acceptors (Lipinski definition) is 3. The van der Waals surface area contributed by atoms with E-state index in [1.807, 2.05) is 25.1 Å². The first-order valence-electron chi connectivity index (χ1n) is 6.81. The summed E-state index contributed by atoms with van der Waals surface area (Å²) in [5.74, 6) is 0.858. The molecule has 1 rings (SSSR count). The highest BCUT2D eigenvalue weighted by Gasteiger charge is 2.14. The summed E-state index contributed by atoms with van der Waals surface area (Å²) in [4.78, 5) is 2.35. The molecule has 3 nitrogen and oxygen atoms in total. The van der Waals surface area contributed by atoms with E-state index in [-0.39, 0.29) is 5.75 Å². The largest absolute Gasteiger partial charge is 0.504 e. The van der Waals surface area contributed by atoms with Crippen molar-refractivity contribution in [2.45, 2.75) is 46.7 Å². The Hall–Kier alpha value is -1.22. The molecule has 3 heteroatoms. The SMILES string of the molecule is CCOc1cccc(CN(CC)C(C)CC)c1O. The molecule has 1 aromatic carbocycles. The molecule has 1 aromatic rings. The molecule has 0 radical (unpaired) electrons. The zero-order chi connectivity index (χ0) is 13.5. The van der Waals surface area contributed by atoms with Gasteiger partial charge in [-0.1, -0.05) is 26.0 Å². The van der Waals surface area contributed by atoms with Gasteiger partial charge in [0.15, 0.2) is 11.5 Å². The van der Waals surface area contributed by atoms with Gasteiger partial charge in [-0.05, 0) is 32.9 Å². The van der Waals surface area contributed by atoms with Crippen molar-refractivity contribution >= 4 is 0 Å². The molecule has 0 fully saturated rings. The Morgan fingerprint density at radius 1 is 1.28 bits per heavy atom. The molecular weight excluding hydrogens is 226 g/mol. The van der Waals surface area contributed by atoms with Gasteiger partial charge in [0.2, 0.25) is 0 Å². The quantitative estimate of drug-likeness (QED) is 0.806. The number of hydrogen-bond donors (Lipinski definition) is 1. The number of para-hydroxylation sites is 1. The van der Waals surface area contributed by atoms with Gasteiger partial charge in [-0.15, -0.1) is 0 Å². The normalized spacial score (nSPS) is 12.7. The van der Waals surface area contributed by atoms with E-state index in [2.05, 4.69) is 25.7 Å². The summed E-state index contributed by atoms with van der Waals surface area (Å²) < 4.78 is 5.41. The minimum atomic E-state index is 0.279. The van der Waals surface area contributed by atoms with Crippen LogP contribution >= 0.6 is 0 Å². The van der Waals surface area contributed by atoms with Crippen LogP contribution < -0.4 is 4.74 Å². The van der Waals surface area contributed by atoms with E-state index in [1.54, 1.807) is 0 Å². The summed E-state index contributed by atoms with van der Waals surface area (Å²) in [7, 11) is 0. The molecular formula is C15H25NO2. The molecule has 102 valence electrons. The number of nitrogens with zero attached hydrogens (tertiary/aromatic N) is 1. The number of phenolic OH excluding ortho intramolecular Hbond substituents is 1. The van der Waals surface area contributed by atoms with Crippen LogP contribution in [0.4, 0.5) is 0 Å². The maximum Gasteiger partial charge on any atom is 0.162 e. The molecule has 1 N–H and O–H groups in total. The van der Waals surface area contributed by atoms with Crippen LogP contribution in [0.25, 0.3) is 0 Å². The number of aromatic hydroxyl groups is 1. The van der Waals surface area contributed by atoms with E-state index in [4.69, 9.17) is 4.74 Å². The highest BCUT2D eigenvalue weighted by atomic mass is 16.5. The second kappa shape index (κ2) is 7.27. The summed E-state index contributed by atoms with van der Waals surface area (Å²) in [5, 5.41) is 10.2. The molecule has 1 unspecified atom stereocenters. The Morgan fingerprint density at radius 2 is 2.00 bits per heavy atom. The fourth-order valence-electron chi connectivity index (χ4n) is 2.02. The lowest BCUT2D eigenvalue weighted by Gasteiger charge is -2.27. The first kappa shape index (κ1) is 14.8. The van der Waals surface area contributed by atoms with Crippen molar-refractivity contribution in [2.24, 2.45) is 0 Å². The van der Waals surface area contributed by atoms with Gasteiger partial charge in [-0.2, -0.15) is 0 Å². The molecule has 0 aromatic heterocycles. The lowest BCUT2D eigenvalue weighted by molar-refractivity contribution is 0.203. The standard InChI is InChI=1S/C15H25NO2/c1-5-12(4)16(6-2)11-13-9-8-10-14(15(13)17)18-7-3/h8-10,12,17H,5-7,11H2,1-4H3. The van der Waals surface area contributed by atoms with Crippen LogP contribution in [0.2, 0.25) is 0 Å².